The average Bonchev–Trinajstić information content (AvgIpc) is 3.05. The fourth-order valence-corrected chi connectivity index (χ4v) is 6.40. The number of nitrogens with zero attached hydrogens (tertiary/aromatic N) is 1. The third-order valence-corrected chi connectivity index (χ3v) is 7.58. The molecule has 6 heteroatoms. The first-order valence-corrected chi connectivity index (χ1v) is 11.2. The van der Waals surface area contributed by atoms with Gasteiger partial charge in [0, 0.05) is 5.92 Å². The normalized spacial score (nSPS) is 18.3. The molecular formula is C24H23NO4S. The molecule has 4 rings (SSSR count). The van der Waals surface area contributed by atoms with Crippen LogP contribution < -0.4 is 4.31 Å². The third-order valence-electron chi connectivity index (χ3n) is 5.64. The van der Waals surface area contributed by atoms with Crippen molar-refractivity contribution in [3.05, 3.63) is 94.5 Å². The number of aryl methyl sites for hydroxylation is 3. The Labute approximate surface area is 176 Å². The van der Waals surface area contributed by atoms with Gasteiger partial charge in [-0.15, -0.1) is 0 Å². The van der Waals surface area contributed by atoms with Crippen LogP contribution in [0.4, 0.5) is 5.69 Å². The number of fused-ring (bicyclic) bond motifs is 1. The van der Waals surface area contributed by atoms with E-state index in [4.69, 9.17) is 0 Å². The van der Waals surface area contributed by atoms with Crippen molar-refractivity contribution in [2.24, 2.45) is 0 Å². The highest BCUT2D eigenvalue weighted by Gasteiger charge is 2.50. The van der Waals surface area contributed by atoms with Crippen LogP contribution in [0, 0.1) is 20.8 Å². The summed E-state index contributed by atoms with van der Waals surface area (Å²) in [6.45, 7) is 5.48. The lowest BCUT2D eigenvalue weighted by Crippen LogP contribution is -2.45. The molecule has 0 spiro atoms. The molecule has 0 aliphatic carbocycles. The number of carbonyl (C=O) groups is 1. The monoisotopic (exact) mass is 421 g/mol. The predicted molar refractivity (Wildman–Crippen MR) is 116 cm³/mol. The van der Waals surface area contributed by atoms with Crippen LogP contribution in [0.3, 0.4) is 0 Å². The van der Waals surface area contributed by atoms with Crippen molar-refractivity contribution in [3.8, 4) is 0 Å². The summed E-state index contributed by atoms with van der Waals surface area (Å²) >= 11 is 0. The Morgan fingerprint density at radius 3 is 2.17 bits per heavy atom. The first-order chi connectivity index (χ1) is 14.2. The maximum Gasteiger partial charge on any atom is 0.328 e. The highest BCUT2D eigenvalue weighted by Crippen LogP contribution is 2.49. The Balaban J connectivity index is 2.04. The number of hydrogen-bond acceptors (Lipinski definition) is 3. The van der Waals surface area contributed by atoms with Gasteiger partial charge in [-0.3, -0.25) is 4.31 Å². The molecule has 30 heavy (non-hydrogen) atoms. The van der Waals surface area contributed by atoms with Gasteiger partial charge in [-0.1, -0.05) is 66.2 Å². The molecule has 3 aromatic carbocycles. The minimum absolute atomic E-state index is 0.121. The molecule has 2 atom stereocenters. The molecule has 2 unspecified atom stereocenters. The van der Waals surface area contributed by atoms with E-state index in [-0.39, 0.29) is 4.90 Å². The molecule has 0 bridgehead atoms. The Hall–Kier alpha value is -3.12. The molecule has 0 fully saturated rings. The molecule has 0 radical (unpaired) electrons. The van der Waals surface area contributed by atoms with Crippen molar-refractivity contribution in [1.82, 2.24) is 0 Å². The molecule has 1 heterocycles. The summed E-state index contributed by atoms with van der Waals surface area (Å²) in [5.74, 6) is -1.77. The standard InChI is InChI=1S/C24H23NO4S/c1-15-13-17(3)22-19(14-15)21(18-10-5-4-6-11-18)23(24(26)27)25(22)30(28,29)20-12-8-7-9-16(20)2/h4-14,21,23H,1-3H3,(H,26,27). The van der Waals surface area contributed by atoms with Gasteiger partial charge < -0.3 is 5.11 Å². The second-order valence-corrected chi connectivity index (χ2v) is 9.54. The fourth-order valence-electron chi connectivity index (χ4n) is 4.46. The predicted octanol–water partition coefficient (Wildman–Crippen LogP) is 4.41. The van der Waals surface area contributed by atoms with Crippen LogP contribution in [0.1, 0.15) is 33.7 Å². The average molecular weight is 422 g/mol. The Bertz CT molecular complexity index is 1240. The van der Waals surface area contributed by atoms with Crippen LogP contribution in [0.15, 0.2) is 71.6 Å². The Kier molecular flexibility index (Phi) is 4.90. The number of carboxylic acid groups (broad SMARTS) is 1. The molecule has 0 aromatic heterocycles. The molecule has 154 valence electrons. The second-order valence-electron chi connectivity index (χ2n) is 7.76. The van der Waals surface area contributed by atoms with E-state index in [1.165, 1.54) is 6.07 Å². The number of benzene rings is 3. The number of anilines is 1. The lowest BCUT2D eigenvalue weighted by atomic mass is 9.86. The van der Waals surface area contributed by atoms with Gasteiger partial charge in [0.1, 0.15) is 0 Å². The maximum atomic E-state index is 13.8. The van der Waals surface area contributed by atoms with Crippen LogP contribution >= 0.6 is 0 Å². The number of sulfonamides is 1. The zero-order chi connectivity index (χ0) is 21.6. The number of carboxylic acids is 1. The van der Waals surface area contributed by atoms with Crippen molar-refractivity contribution in [2.45, 2.75) is 37.6 Å². The van der Waals surface area contributed by atoms with Crippen molar-refractivity contribution < 1.29 is 18.3 Å². The van der Waals surface area contributed by atoms with Crippen molar-refractivity contribution >= 4 is 21.7 Å². The molecule has 0 amide bonds. The maximum absolute atomic E-state index is 13.8. The van der Waals surface area contributed by atoms with E-state index in [0.717, 1.165) is 26.6 Å². The van der Waals surface area contributed by atoms with Crippen molar-refractivity contribution in [2.75, 3.05) is 4.31 Å². The molecule has 1 N–H and O–H groups in total. The Morgan fingerprint density at radius 1 is 0.900 bits per heavy atom. The first kappa shape index (κ1) is 20.2. The largest absolute Gasteiger partial charge is 0.480 e. The number of hydrogen-bond donors (Lipinski definition) is 1. The summed E-state index contributed by atoms with van der Waals surface area (Å²) in [5.41, 5.74) is 4.25. The van der Waals surface area contributed by atoms with Crippen LogP contribution in [-0.2, 0) is 14.8 Å². The van der Waals surface area contributed by atoms with Crippen LogP contribution in [-0.4, -0.2) is 25.5 Å². The quantitative estimate of drug-likeness (QED) is 0.677. The zero-order valence-electron chi connectivity index (χ0n) is 17.0. The molecule has 1 aliphatic rings. The van der Waals surface area contributed by atoms with Gasteiger partial charge in [0.25, 0.3) is 10.0 Å². The second kappa shape index (κ2) is 7.29. The molecule has 5 nitrogen and oxygen atoms in total. The van der Waals surface area contributed by atoms with Gasteiger partial charge in [-0.2, -0.15) is 0 Å². The van der Waals surface area contributed by atoms with Gasteiger partial charge in [0.2, 0.25) is 0 Å². The lowest BCUT2D eigenvalue weighted by molar-refractivity contribution is -0.138. The lowest BCUT2D eigenvalue weighted by Gasteiger charge is -2.28. The smallest absolute Gasteiger partial charge is 0.328 e. The van der Waals surface area contributed by atoms with Gasteiger partial charge >= 0.3 is 5.97 Å². The van der Waals surface area contributed by atoms with Crippen molar-refractivity contribution in [1.29, 1.82) is 0 Å². The van der Waals surface area contributed by atoms with E-state index in [9.17, 15) is 18.3 Å². The summed E-state index contributed by atoms with van der Waals surface area (Å²) in [7, 11) is -4.10. The van der Waals surface area contributed by atoms with Crippen LogP contribution in [0.25, 0.3) is 0 Å². The summed E-state index contributed by atoms with van der Waals surface area (Å²) in [5, 5.41) is 10.2. The van der Waals surface area contributed by atoms with Crippen LogP contribution in [0.5, 0.6) is 0 Å². The Morgan fingerprint density at radius 2 is 1.53 bits per heavy atom. The van der Waals surface area contributed by atoms with Gasteiger partial charge in [-0.05, 0) is 49.1 Å². The number of rotatable bonds is 4. The van der Waals surface area contributed by atoms with Gasteiger partial charge in [0.05, 0.1) is 10.6 Å². The minimum Gasteiger partial charge on any atom is -0.480 e. The highest BCUT2D eigenvalue weighted by molar-refractivity contribution is 7.93. The highest BCUT2D eigenvalue weighted by atomic mass is 32.2. The molecule has 1 aliphatic heterocycles. The summed E-state index contributed by atoms with van der Waals surface area (Å²) in [4.78, 5) is 12.6. The SMILES string of the molecule is Cc1cc(C)c2c(c1)C(c1ccccc1)C(C(=O)O)N2S(=O)(=O)c1ccccc1C. The van der Waals surface area contributed by atoms with Crippen molar-refractivity contribution in [3.63, 3.8) is 0 Å². The summed E-state index contributed by atoms with van der Waals surface area (Å²) in [6.07, 6.45) is 0. The molecular weight excluding hydrogens is 398 g/mol. The third kappa shape index (κ3) is 3.08. The minimum atomic E-state index is -4.10. The fraction of sp³-hybridized carbons (Fsp3) is 0.208. The van der Waals surface area contributed by atoms with E-state index in [0.29, 0.717) is 11.3 Å². The van der Waals surface area contributed by atoms with Gasteiger partial charge in [0.15, 0.2) is 6.04 Å². The number of aliphatic carboxylic acids is 1. The molecule has 3 aromatic rings. The molecule has 0 saturated heterocycles. The van der Waals surface area contributed by atoms with Gasteiger partial charge in [-0.25, -0.2) is 13.2 Å². The summed E-state index contributed by atoms with van der Waals surface area (Å²) in [6, 6.07) is 18.5. The summed E-state index contributed by atoms with van der Waals surface area (Å²) < 4.78 is 28.7. The van der Waals surface area contributed by atoms with E-state index in [2.05, 4.69) is 0 Å². The van der Waals surface area contributed by atoms with E-state index in [1.54, 1.807) is 25.1 Å². The van der Waals surface area contributed by atoms with E-state index >= 15 is 0 Å². The van der Waals surface area contributed by atoms with E-state index < -0.39 is 28.0 Å². The first-order valence-electron chi connectivity index (χ1n) is 9.72. The van der Waals surface area contributed by atoms with Crippen LogP contribution in [0.2, 0.25) is 0 Å². The van der Waals surface area contributed by atoms with E-state index in [1.807, 2.05) is 56.3 Å². The molecule has 0 saturated carbocycles. The topological polar surface area (TPSA) is 74.7 Å². The zero-order valence-corrected chi connectivity index (χ0v) is 17.8.